The van der Waals surface area contributed by atoms with Crippen LogP contribution in [0.4, 0.5) is 0 Å². The van der Waals surface area contributed by atoms with Gasteiger partial charge in [-0.1, -0.05) is 30.3 Å². The van der Waals surface area contributed by atoms with Crippen molar-refractivity contribution < 1.29 is 28.8 Å². The standard InChI is InChI=1S/C16H21NO6/c1-16(2)22-13-12(20-8-9-6-4-3-5-7-9)11(10(18)14(17)19)21-15(13)23-16/h3-7,10-13,15,18H,8H2,1-2H3,(H2,17,19)/t10-,11-,12+,13-,15-/m1/s1. The summed E-state index contributed by atoms with van der Waals surface area (Å²) in [6.45, 7) is 3.83. The summed E-state index contributed by atoms with van der Waals surface area (Å²) in [5.74, 6) is -1.69. The van der Waals surface area contributed by atoms with Gasteiger partial charge in [0.05, 0.1) is 6.61 Å². The van der Waals surface area contributed by atoms with Crippen LogP contribution in [0.2, 0.25) is 0 Å². The van der Waals surface area contributed by atoms with Crippen LogP contribution in [0.25, 0.3) is 0 Å². The molecular weight excluding hydrogens is 302 g/mol. The lowest BCUT2D eigenvalue weighted by Gasteiger charge is -2.27. The molecule has 1 aromatic rings. The number of aliphatic hydroxyl groups excluding tert-OH is 1. The van der Waals surface area contributed by atoms with Crippen molar-refractivity contribution in [1.82, 2.24) is 0 Å². The first-order valence-corrected chi connectivity index (χ1v) is 7.51. The molecule has 1 amide bonds. The molecule has 0 radical (unpaired) electrons. The predicted octanol–water partition coefficient (Wildman–Crippen LogP) is 0.294. The second kappa shape index (κ2) is 6.18. The molecule has 7 heteroatoms. The Bertz CT molecular complexity index is 563. The molecule has 2 aliphatic heterocycles. The summed E-state index contributed by atoms with van der Waals surface area (Å²) in [5, 5.41) is 9.99. The zero-order valence-electron chi connectivity index (χ0n) is 13.0. The lowest BCUT2D eigenvalue weighted by atomic mass is 10.0. The summed E-state index contributed by atoms with van der Waals surface area (Å²) in [7, 11) is 0. The van der Waals surface area contributed by atoms with Crippen molar-refractivity contribution in [1.29, 1.82) is 0 Å². The van der Waals surface area contributed by atoms with Gasteiger partial charge in [-0.25, -0.2) is 0 Å². The van der Waals surface area contributed by atoms with Crippen LogP contribution in [0.1, 0.15) is 19.4 Å². The van der Waals surface area contributed by atoms with Crippen LogP contribution in [-0.2, 0) is 30.3 Å². The first-order valence-electron chi connectivity index (χ1n) is 7.51. The fraction of sp³-hybridized carbons (Fsp3) is 0.562. The minimum atomic E-state index is -1.49. The Balaban J connectivity index is 1.75. The number of fused-ring (bicyclic) bond motifs is 1. The zero-order valence-corrected chi connectivity index (χ0v) is 13.0. The molecule has 7 nitrogen and oxygen atoms in total. The van der Waals surface area contributed by atoms with Crippen molar-refractivity contribution >= 4 is 5.91 Å². The van der Waals surface area contributed by atoms with Crippen LogP contribution < -0.4 is 5.73 Å². The van der Waals surface area contributed by atoms with Crippen molar-refractivity contribution in [3.8, 4) is 0 Å². The average molecular weight is 323 g/mol. The molecule has 5 atom stereocenters. The minimum Gasteiger partial charge on any atom is -0.380 e. The third kappa shape index (κ3) is 3.39. The number of rotatable bonds is 5. The van der Waals surface area contributed by atoms with Crippen LogP contribution in [0.15, 0.2) is 30.3 Å². The van der Waals surface area contributed by atoms with Gasteiger partial charge in [0.15, 0.2) is 18.2 Å². The second-order valence-corrected chi connectivity index (χ2v) is 6.18. The number of nitrogens with two attached hydrogens (primary N) is 1. The van der Waals surface area contributed by atoms with Crippen LogP contribution in [0.3, 0.4) is 0 Å². The molecule has 0 spiro atoms. The van der Waals surface area contributed by atoms with E-state index in [-0.39, 0.29) is 0 Å². The minimum absolute atomic E-state index is 0.295. The summed E-state index contributed by atoms with van der Waals surface area (Å²) in [5.41, 5.74) is 6.14. The van der Waals surface area contributed by atoms with E-state index in [1.807, 2.05) is 30.3 Å². The number of primary amides is 1. The smallest absolute Gasteiger partial charge is 0.249 e. The van der Waals surface area contributed by atoms with E-state index in [1.54, 1.807) is 13.8 Å². The van der Waals surface area contributed by atoms with E-state index in [4.69, 9.17) is 24.7 Å². The number of hydrogen-bond acceptors (Lipinski definition) is 6. The summed E-state index contributed by atoms with van der Waals surface area (Å²) in [6.07, 6.45) is -4.32. The van der Waals surface area contributed by atoms with Gasteiger partial charge in [0.1, 0.15) is 18.3 Å². The highest BCUT2D eigenvalue weighted by Gasteiger charge is 2.57. The van der Waals surface area contributed by atoms with E-state index in [9.17, 15) is 9.90 Å². The maximum atomic E-state index is 11.3. The fourth-order valence-electron chi connectivity index (χ4n) is 2.88. The van der Waals surface area contributed by atoms with Crippen LogP contribution in [0.5, 0.6) is 0 Å². The lowest BCUT2D eigenvalue weighted by molar-refractivity contribution is -0.229. The van der Waals surface area contributed by atoms with Crippen molar-refractivity contribution in [2.75, 3.05) is 0 Å². The molecule has 23 heavy (non-hydrogen) atoms. The number of carbonyl (C=O) groups excluding carboxylic acids is 1. The molecule has 2 saturated heterocycles. The largest absolute Gasteiger partial charge is 0.380 e. The third-order valence-corrected chi connectivity index (χ3v) is 3.91. The maximum Gasteiger partial charge on any atom is 0.249 e. The van der Waals surface area contributed by atoms with Crippen molar-refractivity contribution in [2.45, 2.75) is 56.9 Å². The number of carbonyl (C=O) groups is 1. The van der Waals surface area contributed by atoms with E-state index < -0.39 is 42.4 Å². The van der Waals surface area contributed by atoms with Gasteiger partial charge in [-0.05, 0) is 19.4 Å². The van der Waals surface area contributed by atoms with Gasteiger partial charge >= 0.3 is 0 Å². The highest BCUT2D eigenvalue weighted by atomic mass is 16.8. The predicted molar refractivity (Wildman–Crippen MR) is 78.9 cm³/mol. The molecule has 0 saturated carbocycles. The van der Waals surface area contributed by atoms with Crippen molar-refractivity contribution in [2.24, 2.45) is 5.73 Å². The molecule has 2 aliphatic rings. The highest BCUT2D eigenvalue weighted by molar-refractivity contribution is 5.79. The SMILES string of the molecule is CC1(C)O[C@H]2O[C@H]([C@@H](O)C(N)=O)[C@H](OCc3ccccc3)[C@H]2O1. The third-order valence-electron chi connectivity index (χ3n) is 3.91. The Morgan fingerprint density at radius 2 is 2.04 bits per heavy atom. The van der Waals surface area contributed by atoms with Crippen molar-refractivity contribution in [3.05, 3.63) is 35.9 Å². The lowest BCUT2D eigenvalue weighted by Crippen LogP contribution is -2.47. The number of ether oxygens (including phenoxy) is 4. The van der Waals surface area contributed by atoms with Crippen LogP contribution >= 0.6 is 0 Å². The first-order chi connectivity index (χ1) is 10.9. The first kappa shape index (κ1) is 16.4. The highest BCUT2D eigenvalue weighted by Crippen LogP contribution is 2.39. The molecular formula is C16H21NO6. The van der Waals surface area contributed by atoms with E-state index in [0.29, 0.717) is 6.61 Å². The number of hydrogen-bond donors (Lipinski definition) is 2. The van der Waals surface area contributed by atoms with Gasteiger partial charge in [-0.3, -0.25) is 4.79 Å². The van der Waals surface area contributed by atoms with Gasteiger partial charge in [0.25, 0.3) is 0 Å². The van der Waals surface area contributed by atoms with Gasteiger partial charge < -0.3 is 29.8 Å². The monoisotopic (exact) mass is 323 g/mol. The summed E-state index contributed by atoms with van der Waals surface area (Å²) >= 11 is 0. The quantitative estimate of drug-likeness (QED) is 0.808. The van der Waals surface area contributed by atoms with E-state index in [2.05, 4.69) is 0 Å². The van der Waals surface area contributed by atoms with Crippen LogP contribution in [0, 0.1) is 0 Å². The number of amides is 1. The molecule has 0 bridgehead atoms. The Hall–Kier alpha value is -1.51. The maximum absolute atomic E-state index is 11.3. The van der Waals surface area contributed by atoms with Crippen molar-refractivity contribution in [3.63, 3.8) is 0 Å². The second-order valence-electron chi connectivity index (χ2n) is 6.18. The molecule has 3 rings (SSSR count). The molecule has 3 N–H and O–H groups in total. The topological polar surface area (TPSA) is 100 Å². The Labute approximate surface area is 134 Å². The van der Waals surface area contributed by atoms with E-state index in [1.165, 1.54) is 0 Å². The van der Waals surface area contributed by atoms with E-state index >= 15 is 0 Å². The van der Waals surface area contributed by atoms with Gasteiger partial charge in [-0.15, -0.1) is 0 Å². The molecule has 0 unspecified atom stereocenters. The number of benzene rings is 1. The normalized spacial score (nSPS) is 33.3. The van der Waals surface area contributed by atoms with Gasteiger partial charge in [-0.2, -0.15) is 0 Å². The van der Waals surface area contributed by atoms with Crippen LogP contribution in [-0.4, -0.2) is 47.5 Å². The molecule has 2 fully saturated rings. The molecule has 126 valence electrons. The van der Waals surface area contributed by atoms with Gasteiger partial charge in [0, 0.05) is 0 Å². The molecule has 1 aromatic carbocycles. The van der Waals surface area contributed by atoms with Gasteiger partial charge in [0.2, 0.25) is 5.91 Å². The summed E-state index contributed by atoms with van der Waals surface area (Å²) in [6, 6.07) is 9.56. The average Bonchev–Trinajstić information content (AvgIpc) is 2.97. The molecule has 0 aromatic heterocycles. The summed E-state index contributed by atoms with van der Waals surface area (Å²) < 4.78 is 22.9. The Morgan fingerprint density at radius 3 is 2.70 bits per heavy atom. The fourth-order valence-corrected chi connectivity index (χ4v) is 2.88. The Kier molecular flexibility index (Phi) is 4.39. The Morgan fingerprint density at radius 1 is 1.35 bits per heavy atom. The molecule has 0 aliphatic carbocycles. The zero-order chi connectivity index (χ0) is 16.6. The van der Waals surface area contributed by atoms with E-state index in [0.717, 1.165) is 5.56 Å². The number of aliphatic hydroxyl groups is 1. The molecule has 2 heterocycles. The summed E-state index contributed by atoms with van der Waals surface area (Å²) in [4.78, 5) is 11.3.